The molecule has 0 bridgehead atoms. The van der Waals surface area contributed by atoms with Gasteiger partial charge >= 0.3 is 0 Å². The molecule has 4 nitrogen and oxygen atoms in total. The minimum atomic E-state index is -0.264. The Bertz CT molecular complexity index is 1160. The maximum atomic E-state index is 13.2. The SMILES string of the molecule is O=C(C(=NN=C(C(=O)c1ccccc1)c1ccccc1)c1ccccc1)c1ccccc1. The molecule has 0 radical (unpaired) electrons. The van der Waals surface area contributed by atoms with Crippen molar-refractivity contribution in [3.63, 3.8) is 0 Å². The van der Waals surface area contributed by atoms with E-state index in [1.165, 1.54) is 0 Å². The van der Waals surface area contributed by atoms with Crippen LogP contribution in [0.5, 0.6) is 0 Å². The van der Waals surface area contributed by atoms with Crippen LogP contribution in [0, 0.1) is 0 Å². The molecule has 0 aromatic heterocycles. The quantitative estimate of drug-likeness (QED) is 0.222. The van der Waals surface area contributed by atoms with Gasteiger partial charge in [-0.2, -0.15) is 0 Å². The molecule has 0 aliphatic rings. The predicted octanol–water partition coefficient (Wildman–Crippen LogP) is 5.65. The van der Waals surface area contributed by atoms with Crippen molar-refractivity contribution in [1.82, 2.24) is 0 Å². The van der Waals surface area contributed by atoms with Crippen LogP contribution in [0.25, 0.3) is 0 Å². The Kier molecular flexibility index (Phi) is 6.54. The third kappa shape index (κ3) is 4.82. The topological polar surface area (TPSA) is 58.9 Å². The number of benzene rings is 4. The molecule has 0 saturated carbocycles. The van der Waals surface area contributed by atoms with E-state index in [0.717, 1.165) is 0 Å². The van der Waals surface area contributed by atoms with Gasteiger partial charge in [0.15, 0.2) is 0 Å². The van der Waals surface area contributed by atoms with Gasteiger partial charge in [-0.15, -0.1) is 10.2 Å². The summed E-state index contributed by atoms with van der Waals surface area (Å²) in [7, 11) is 0. The van der Waals surface area contributed by atoms with E-state index in [0.29, 0.717) is 22.3 Å². The number of Topliss-reactive ketones (excluding diaryl/α,β-unsaturated/α-hetero) is 2. The van der Waals surface area contributed by atoms with Gasteiger partial charge in [0.2, 0.25) is 11.6 Å². The van der Waals surface area contributed by atoms with Gasteiger partial charge in [0.25, 0.3) is 0 Å². The second-order valence-electron chi connectivity index (χ2n) is 7.02. The molecule has 0 fully saturated rings. The first-order chi connectivity index (χ1) is 15.7. The summed E-state index contributed by atoms with van der Waals surface area (Å²) in [4.78, 5) is 26.5. The van der Waals surface area contributed by atoms with E-state index < -0.39 is 0 Å². The largest absolute Gasteiger partial charge is 0.287 e. The summed E-state index contributed by atoms with van der Waals surface area (Å²) >= 11 is 0. The molecule has 4 aromatic rings. The second-order valence-corrected chi connectivity index (χ2v) is 7.02. The van der Waals surface area contributed by atoms with Gasteiger partial charge in [-0.3, -0.25) is 9.59 Å². The highest BCUT2D eigenvalue weighted by Crippen LogP contribution is 2.13. The Labute approximate surface area is 186 Å². The number of ketones is 2. The first-order valence-corrected chi connectivity index (χ1v) is 10.2. The van der Waals surface area contributed by atoms with Crippen LogP contribution < -0.4 is 0 Å². The molecule has 4 rings (SSSR count). The molecule has 0 saturated heterocycles. The molecule has 0 spiro atoms. The molecule has 32 heavy (non-hydrogen) atoms. The van der Waals surface area contributed by atoms with Crippen LogP contribution in [-0.2, 0) is 0 Å². The van der Waals surface area contributed by atoms with Crippen LogP contribution in [0.4, 0.5) is 0 Å². The van der Waals surface area contributed by atoms with Crippen LogP contribution in [0.3, 0.4) is 0 Å². The molecular weight excluding hydrogens is 396 g/mol. The van der Waals surface area contributed by atoms with E-state index in [2.05, 4.69) is 10.2 Å². The first-order valence-electron chi connectivity index (χ1n) is 10.2. The van der Waals surface area contributed by atoms with Crippen LogP contribution in [0.15, 0.2) is 132 Å². The molecule has 0 amide bonds. The Hall–Kier alpha value is -4.44. The molecule has 0 aliphatic heterocycles. The van der Waals surface area contributed by atoms with E-state index in [4.69, 9.17) is 0 Å². The third-order valence-corrected chi connectivity index (χ3v) is 4.85. The molecule has 0 N–H and O–H groups in total. The Morgan fingerprint density at radius 1 is 0.375 bits per heavy atom. The number of carbonyl (C=O) groups excluding carboxylic acids is 2. The molecule has 0 aliphatic carbocycles. The molecular formula is C28H20N2O2. The summed E-state index contributed by atoms with van der Waals surface area (Å²) in [6.45, 7) is 0. The number of hydrogen-bond donors (Lipinski definition) is 0. The lowest BCUT2D eigenvalue weighted by Gasteiger charge is -2.07. The van der Waals surface area contributed by atoms with E-state index in [1.807, 2.05) is 48.5 Å². The van der Waals surface area contributed by atoms with Gasteiger partial charge in [0.05, 0.1) is 0 Å². The smallest absolute Gasteiger partial charge is 0.213 e. The lowest BCUT2D eigenvalue weighted by Crippen LogP contribution is -2.18. The Morgan fingerprint density at radius 2 is 0.625 bits per heavy atom. The fraction of sp³-hybridized carbons (Fsp3) is 0. The second kappa shape index (κ2) is 10.0. The highest BCUT2D eigenvalue weighted by atomic mass is 16.1. The summed E-state index contributed by atoms with van der Waals surface area (Å²) in [5.74, 6) is -0.528. The number of rotatable bonds is 7. The van der Waals surface area contributed by atoms with Crippen molar-refractivity contribution in [1.29, 1.82) is 0 Å². The number of hydrogen-bond acceptors (Lipinski definition) is 4. The zero-order valence-electron chi connectivity index (χ0n) is 17.3. The van der Waals surface area contributed by atoms with Gasteiger partial charge < -0.3 is 0 Å². The summed E-state index contributed by atoms with van der Waals surface area (Å²) in [5.41, 5.74) is 2.61. The van der Waals surface area contributed by atoms with E-state index in [9.17, 15) is 9.59 Å². The molecule has 4 heteroatoms. The molecule has 154 valence electrons. The predicted molar refractivity (Wildman–Crippen MR) is 128 cm³/mol. The van der Waals surface area contributed by atoms with Gasteiger partial charge in [-0.05, 0) is 0 Å². The van der Waals surface area contributed by atoms with E-state index in [-0.39, 0.29) is 23.0 Å². The first kappa shape index (κ1) is 20.8. The maximum Gasteiger partial charge on any atom is 0.213 e. The number of nitrogens with zero attached hydrogens (tertiary/aromatic N) is 2. The van der Waals surface area contributed by atoms with E-state index >= 15 is 0 Å². The summed E-state index contributed by atoms with van der Waals surface area (Å²) < 4.78 is 0. The zero-order valence-corrected chi connectivity index (χ0v) is 17.3. The highest BCUT2D eigenvalue weighted by molar-refractivity contribution is 6.53. The Balaban J connectivity index is 1.84. The van der Waals surface area contributed by atoms with Crippen LogP contribution in [0.2, 0.25) is 0 Å². The standard InChI is InChI=1S/C28H20N2O2/c31-27(23-17-9-3-10-18-23)25(21-13-5-1-6-14-21)29-30-26(22-15-7-2-8-16-22)28(32)24-19-11-4-12-20-24/h1-20H. The van der Waals surface area contributed by atoms with Crippen LogP contribution in [0.1, 0.15) is 31.8 Å². The molecule has 0 atom stereocenters. The minimum Gasteiger partial charge on any atom is -0.287 e. The van der Waals surface area contributed by atoms with Gasteiger partial charge in [-0.25, -0.2) is 0 Å². The Morgan fingerprint density at radius 3 is 0.906 bits per heavy atom. The van der Waals surface area contributed by atoms with Gasteiger partial charge in [0.1, 0.15) is 11.4 Å². The van der Waals surface area contributed by atoms with Gasteiger partial charge in [-0.1, -0.05) is 121 Å². The van der Waals surface area contributed by atoms with Crippen molar-refractivity contribution in [3.05, 3.63) is 144 Å². The van der Waals surface area contributed by atoms with Gasteiger partial charge in [0, 0.05) is 22.3 Å². The zero-order chi connectivity index (χ0) is 22.2. The van der Waals surface area contributed by atoms with Crippen molar-refractivity contribution >= 4 is 23.0 Å². The van der Waals surface area contributed by atoms with Crippen LogP contribution in [-0.4, -0.2) is 23.0 Å². The van der Waals surface area contributed by atoms with Crippen molar-refractivity contribution in [2.45, 2.75) is 0 Å². The highest BCUT2D eigenvalue weighted by Gasteiger charge is 2.19. The van der Waals surface area contributed by atoms with Crippen molar-refractivity contribution in [2.24, 2.45) is 10.2 Å². The lowest BCUT2D eigenvalue weighted by molar-refractivity contribution is 0.105. The molecule has 0 unspecified atom stereocenters. The summed E-state index contributed by atoms with van der Waals surface area (Å²) in [5, 5.41) is 8.66. The molecule has 0 heterocycles. The van der Waals surface area contributed by atoms with Crippen molar-refractivity contribution in [3.8, 4) is 0 Å². The molecule has 4 aromatic carbocycles. The average molecular weight is 416 g/mol. The maximum absolute atomic E-state index is 13.2. The monoisotopic (exact) mass is 416 g/mol. The fourth-order valence-corrected chi connectivity index (χ4v) is 3.21. The van der Waals surface area contributed by atoms with Crippen molar-refractivity contribution in [2.75, 3.05) is 0 Å². The minimum absolute atomic E-state index is 0.172. The average Bonchev–Trinajstić information content (AvgIpc) is 2.88. The third-order valence-electron chi connectivity index (χ3n) is 4.85. The summed E-state index contributed by atoms with van der Waals surface area (Å²) in [6, 6.07) is 36.1. The summed E-state index contributed by atoms with van der Waals surface area (Å²) in [6.07, 6.45) is 0. The number of carbonyl (C=O) groups is 2. The normalized spacial score (nSPS) is 11.8. The fourth-order valence-electron chi connectivity index (χ4n) is 3.21. The van der Waals surface area contributed by atoms with E-state index in [1.54, 1.807) is 72.8 Å². The lowest BCUT2D eigenvalue weighted by atomic mass is 10.0. The van der Waals surface area contributed by atoms with Crippen LogP contribution >= 0.6 is 0 Å². The van der Waals surface area contributed by atoms with Crippen molar-refractivity contribution < 1.29 is 9.59 Å².